The van der Waals surface area contributed by atoms with Gasteiger partial charge in [0.15, 0.2) is 9.84 Å². The Labute approximate surface area is 200 Å². The number of aliphatic hydroxyl groups excluding tert-OH is 1. The normalized spacial score (nSPS) is 17.5. The second kappa shape index (κ2) is 9.68. The molecule has 2 atom stereocenters. The van der Waals surface area contributed by atoms with Gasteiger partial charge in [0, 0.05) is 31.8 Å². The lowest BCUT2D eigenvalue weighted by Gasteiger charge is -2.34. The second-order valence-corrected chi connectivity index (χ2v) is 11.0. The first-order valence-corrected chi connectivity index (χ1v) is 13.2. The van der Waals surface area contributed by atoms with Crippen LogP contribution in [-0.2, 0) is 14.6 Å². The zero-order valence-corrected chi connectivity index (χ0v) is 20.5. The molecule has 1 amide bonds. The van der Waals surface area contributed by atoms with Crippen molar-refractivity contribution in [3.05, 3.63) is 59.8 Å². The third kappa shape index (κ3) is 5.20. The summed E-state index contributed by atoms with van der Waals surface area (Å²) in [6, 6.07) is 14.2. The molecule has 3 aromatic rings. The van der Waals surface area contributed by atoms with E-state index in [9.17, 15) is 18.3 Å². The molecule has 4 rings (SSSR count). The van der Waals surface area contributed by atoms with Crippen molar-refractivity contribution >= 4 is 32.6 Å². The fourth-order valence-electron chi connectivity index (χ4n) is 4.43. The van der Waals surface area contributed by atoms with Crippen LogP contribution in [0.4, 0.5) is 5.95 Å². The van der Waals surface area contributed by atoms with Gasteiger partial charge in [-0.05, 0) is 43.5 Å². The molecule has 1 fully saturated rings. The molecular weight excluding hydrogens is 452 g/mol. The Morgan fingerprint density at radius 3 is 2.65 bits per heavy atom. The van der Waals surface area contributed by atoms with Crippen molar-refractivity contribution in [3.63, 3.8) is 0 Å². The van der Waals surface area contributed by atoms with Gasteiger partial charge in [-0.15, -0.1) is 0 Å². The number of likely N-dealkylation sites (N-methyl/N-ethyl adjacent to an activating group) is 1. The van der Waals surface area contributed by atoms with Gasteiger partial charge < -0.3 is 14.9 Å². The van der Waals surface area contributed by atoms with Crippen LogP contribution in [0.5, 0.6) is 0 Å². The van der Waals surface area contributed by atoms with Crippen LogP contribution in [0.2, 0.25) is 0 Å². The van der Waals surface area contributed by atoms with Gasteiger partial charge >= 0.3 is 0 Å². The predicted octanol–water partition coefficient (Wildman–Crippen LogP) is 2.75. The van der Waals surface area contributed by atoms with Gasteiger partial charge in [0.25, 0.3) is 0 Å². The first-order chi connectivity index (χ1) is 16.1. The maximum absolute atomic E-state index is 13.2. The molecule has 0 bridgehead atoms. The molecule has 0 saturated carbocycles. The third-order valence-corrected chi connectivity index (χ3v) is 7.45. The molecule has 1 aliphatic heterocycles. The first-order valence-electron chi connectivity index (χ1n) is 11.3. The van der Waals surface area contributed by atoms with Gasteiger partial charge in [0.05, 0.1) is 34.7 Å². The molecule has 1 aromatic heterocycles. The van der Waals surface area contributed by atoms with Gasteiger partial charge in [-0.25, -0.2) is 18.4 Å². The summed E-state index contributed by atoms with van der Waals surface area (Å²) in [7, 11) is -1.63. The number of aryl methyl sites for hydroxylation is 1. The molecule has 0 unspecified atom stereocenters. The van der Waals surface area contributed by atoms with Crippen LogP contribution < -0.4 is 4.90 Å². The first kappa shape index (κ1) is 24.1. The van der Waals surface area contributed by atoms with Crippen molar-refractivity contribution in [2.24, 2.45) is 5.92 Å². The topological polar surface area (TPSA) is 104 Å². The van der Waals surface area contributed by atoms with E-state index >= 15 is 0 Å². The molecule has 34 heavy (non-hydrogen) atoms. The zero-order chi connectivity index (χ0) is 24.5. The van der Waals surface area contributed by atoms with Crippen LogP contribution >= 0.6 is 0 Å². The highest BCUT2D eigenvalue weighted by Gasteiger charge is 2.30. The van der Waals surface area contributed by atoms with Crippen LogP contribution in [0.15, 0.2) is 53.4 Å². The lowest BCUT2D eigenvalue weighted by atomic mass is 9.96. The SMILES string of the molecule is Cc1nc(N2CCC[C@H](C(=O)N(C)C[C@@H](O)c3ccccc3)C2)nc2cc(S(C)(=O)=O)ccc12. The molecule has 1 saturated heterocycles. The number of hydrogen-bond donors (Lipinski definition) is 1. The van der Waals surface area contributed by atoms with Crippen LogP contribution in [0.25, 0.3) is 10.9 Å². The van der Waals surface area contributed by atoms with Crippen molar-refractivity contribution in [2.45, 2.75) is 30.8 Å². The van der Waals surface area contributed by atoms with Crippen LogP contribution in [0, 0.1) is 12.8 Å². The number of nitrogens with zero attached hydrogens (tertiary/aromatic N) is 4. The van der Waals surface area contributed by atoms with E-state index < -0.39 is 15.9 Å². The molecule has 1 aliphatic rings. The van der Waals surface area contributed by atoms with Crippen molar-refractivity contribution in [1.82, 2.24) is 14.9 Å². The highest BCUT2D eigenvalue weighted by Crippen LogP contribution is 2.26. The maximum atomic E-state index is 13.2. The Hall–Kier alpha value is -3.04. The summed E-state index contributed by atoms with van der Waals surface area (Å²) in [6.45, 7) is 3.29. The molecule has 0 radical (unpaired) electrons. The molecule has 1 N–H and O–H groups in total. The van der Waals surface area contributed by atoms with Crippen LogP contribution in [-0.4, -0.2) is 67.2 Å². The monoisotopic (exact) mass is 482 g/mol. The largest absolute Gasteiger partial charge is 0.387 e. The quantitative estimate of drug-likeness (QED) is 0.576. The maximum Gasteiger partial charge on any atom is 0.227 e. The Balaban J connectivity index is 1.51. The van der Waals surface area contributed by atoms with Crippen LogP contribution in [0.3, 0.4) is 0 Å². The molecule has 180 valence electrons. The minimum absolute atomic E-state index is 0.0171. The van der Waals surface area contributed by atoms with E-state index in [2.05, 4.69) is 9.97 Å². The van der Waals surface area contributed by atoms with Crippen molar-refractivity contribution in [3.8, 4) is 0 Å². The average Bonchev–Trinajstić information content (AvgIpc) is 2.83. The summed E-state index contributed by atoms with van der Waals surface area (Å²) in [5.74, 6) is 0.250. The van der Waals surface area contributed by atoms with E-state index in [1.54, 1.807) is 30.1 Å². The van der Waals surface area contributed by atoms with Gasteiger partial charge in [-0.3, -0.25) is 4.79 Å². The molecule has 0 spiro atoms. The number of carbonyl (C=O) groups is 1. The molecule has 0 aliphatic carbocycles. The molecular formula is C25H30N4O4S. The zero-order valence-electron chi connectivity index (χ0n) is 19.7. The number of amides is 1. The summed E-state index contributed by atoms with van der Waals surface area (Å²) >= 11 is 0. The standard InChI is InChI=1S/C25H30N4O4S/c1-17-21-12-11-20(34(3,32)33)14-22(21)27-25(26-17)29-13-7-10-19(15-29)24(31)28(2)16-23(30)18-8-5-4-6-9-18/h4-6,8-9,11-12,14,19,23,30H,7,10,13,15-16H2,1-3H3/t19-,23+/m0/s1. The number of piperidine rings is 1. The van der Waals surface area contributed by atoms with E-state index in [0.29, 0.717) is 18.0 Å². The highest BCUT2D eigenvalue weighted by atomic mass is 32.2. The predicted molar refractivity (Wildman–Crippen MR) is 131 cm³/mol. The number of hydrogen-bond acceptors (Lipinski definition) is 7. The van der Waals surface area contributed by atoms with Crippen molar-refractivity contribution < 1.29 is 18.3 Å². The summed E-state index contributed by atoms with van der Waals surface area (Å²) in [4.78, 5) is 26.3. The highest BCUT2D eigenvalue weighted by molar-refractivity contribution is 7.90. The summed E-state index contributed by atoms with van der Waals surface area (Å²) in [5, 5.41) is 11.3. The third-order valence-electron chi connectivity index (χ3n) is 6.34. The van der Waals surface area contributed by atoms with E-state index in [-0.39, 0.29) is 23.3 Å². The number of aromatic nitrogens is 2. The van der Waals surface area contributed by atoms with Gasteiger partial charge in [-0.1, -0.05) is 30.3 Å². The average molecular weight is 483 g/mol. The number of benzene rings is 2. The smallest absolute Gasteiger partial charge is 0.227 e. The van der Waals surface area contributed by atoms with E-state index in [0.717, 1.165) is 36.0 Å². The van der Waals surface area contributed by atoms with E-state index in [1.165, 1.54) is 6.26 Å². The Morgan fingerprint density at radius 1 is 1.21 bits per heavy atom. The molecule has 9 heteroatoms. The minimum atomic E-state index is -3.35. The summed E-state index contributed by atoms with van der Waals surface area (Å²) < 4.78 is 24.0. The fourth-order valence-corrected chi connectivity index (χ4v) is 5.07. The minimum Gasteiger partial charge on any atom is -0.387 e. The Bertz CT molecular complexity index is 1300. The number of anilines is 1. The van der Waals surface area contributed by atoms with Crippen LogP contribution in [0.1, 0.15) is 30.2 Å². The molecule has 8 nitrogen and oxygen atoms in total. The number of fused-ring (bicyclic) bond motifs is 1. The Morgan fingerprint density at radius 2 is 1.94 bits per heavy atom. The second-order valence-electron chi connectivity index (χ2n) is 8.99. The summed E-state index contributed by atoms with van der Waals surface area (Å²) in [6.07, 6.45) is 2.00. The molecule has 2 aromatic carbocycles. The lowest BCUT2D eigenvalue weighted by molar-refractivity contribution is -0.135. The number of sulfone groups is 1. The molecule has 2 heterocycles. The van der Waals surface area contributed by atoms with E-state index in [4.69, 9.17) is 0 Å². The Kier molecular flexibility index (Phi) is 6.86. The number of aliphatic hydroxyl groups is 1. The number of carbonyl (C=O) groups excluding carboxylic acids is 1. The lowest BCUT2D eigenvalue weighted by Crippen LogP contribution is -2.45. The fraction of sp³-hybridized carbons (Fsp3) is 0.400. The van der Waals surface area contributed by atoms with Crippen molar-refractivity contribution in [2.75, 3.05) is 37.8 Å². The van der Waals surface area contributed by atoms with Crippen molar-refractivity contribution in [1.29, 1.82) is 0 Å². The van der Waals surface area contributed by atoms with Gasteiger partial charge in [-0.2, -0.15) is 0 Å². The van der Waals surface area contributed by atoms with E-state index in [1.807, 2.05) is 42.2 Å². The van der Waals surface area contributed by atoms with Gasteiger partial charge in [0.1, 0.15) is 0 Å². The van der Waals surface area contributed by atoms with Gasteiger partial charge in [0.2, 0.25) is 11.9 Å². The summed E-state index contributed by atoms with van der Waals surface area (Å²) in [5.41, 5.74) is 2.11. The number of rotatable bonds is 6.